The second-order valence-corrected chi connectivity index (χ2v) is 5.69. The van der Waals surface area contributed by atoms with E-state index < -0.39 is 0 Å². The Kier molecular flexibility index (Phi) is 5.35. The molecule has 3 heteroatoms. The van der Waals surface area contributed by atoms with Crippen LogP contribution < -0.4 is 10.6 Å². The Balaban J connectivity index is 2.23. The van der Waals surface area contributed by atoms with Gasteiger partial charge in [-0.3, -0.25) is 4.79 Å². The fourth-order valence-electron chi connectivity index (χ4n) is 1.62. The molecule has 100 valence electrons. The summed E-state index contributed by atoms with van der Waals surface area (Å²) in [6.45, 7) is 9.29. The molecule has 1 aromatic carbocycles. The smallest absolute Gasteiger partial charge is 0.233 e. The Morgan fingerprint density at radius 3 is 2.61 bits per heavy atom. The number of rotatable bonds is 5. The Hall–Kier alpha value is -1.35. The molecule has 1 amide bonds. The molecule has 0 aromatic heterocycles. The van der Waals surface area contributed by atoms with Crippen LogP contribution in [0, 0.1) is 6.92 Å². The van der Waals surface area contributed by atoms with E-state index in [1.54, 1.807) is 0 Å². The molecule has 1 rings (SSSR count). The quantitative estimate of drug-likeness (QED) is 0.837. The van der Waals surface area contributed by atoms with E-state index in [1.165, 1.54) is 11.1 Å². The predicted molar refractivity (Wildman–Crippen MR) is 75.6 cm³/mol. The third-order valence-corrected chi connectivity index (χ3v) is 2.60. The minimum absolute atomic E-state index is 0.0200. The van der Waals surface area contributed by atoms with Crippen molar-refractivity contribution in [2.45, 2.75) is 39.7 Å². The molecule has 0 spiro atoms. The first-order valence-electron chi connectivity index (χ1n) is 6.44. The molecule has 0 aliphatic heterocycles. The zero-order valence-corrected chi connectivity index (χ0v) is 11.8. The van der Waals surface area contributed by atoms with Crippen LogP contribution in [0.5, 0.6) is 0 Å². The van der Waals surface area contributed by atoms with Gasteiger partial charge in [0.1, 0.15) is 0 Å². The highest BCUT2D eigenvalue weighted by Gasteiger charge is 2.10. The number of hydrogen-bond acceptors (Lipinski definition) is 2. The molecule has 0 fully saturated rings. The molecule has 0 aliphatic carbocycles. The summed E-state index contributed by atoms with van der Waals surface area (Å²) in [5, 5.41) is 6.09. The van der Waals surface area contributed by atoms with Crippen LogP contribution >= 0.6 is 0 Å². The van der Waals surface area contributed by atoms with Gasteiger partial charge in [0.15, 0.2) is 0 Å². The number of carbonyl (C=O) groups excluding carboxylic acids is 1. The van der Waals surface area contributed by atoms with Gasteiger partial charge in [-0.2, -0.15) is 0 Å². The molecule has 3 nitrogen and oxygen atoms in total. The van der Waals surface area contributed by atoms with Crippen molar-refractivity contribution >= 4 is 5.91 Å². The first kappa shape index (κ1) is 14.7. The normalized spacial score (nSPS) is 11.3. The van der Waals surface area contributed by atoms with Crippen molar-refractivity contribution in [1.82, 2.24) is 10.6 Å². The van der Waals surface area contributed by atoms with Gasteiger partial charge < -0.3 is 10.6 Å². The van der Waals surface area contributed by atoms with Crippen LogP contribution in [0.3, 0.4) is 0 Å². The molecule has 0 atom stereocenters. The third kappa shape index (κ3) is 6.40. The molecular weight excluding hydrogens is 224 g/mol. The molecule has 2 N–H and O–H groups in total. The molecule has 0 aliphatic rings. The van der Waals surface area contributed by atoms with Crippen molar-refractivity contribution in [2.75, 3.05) is 13.1 Å². The Bertz CT molecular complexity index is 394. The lowest BCUT2D eigenvalue weighted by molar-refractivity contribution is -0.120. The van der Waals surface area contributed by atoms with Gasteiger partial charge in [0, 0.05) is 12.1 Å². The average Bonchev–Trinajstić information content (AvgIpc) is 2.25. The van der Waals surface area contributed by atoms with Gasteiger partial charge in [0.2, 0.25) is 5.91 Å². The second kappa shape index (κ2) is 6.55. The summed E-state index contributed by atoms with van der Waals surface area (Å²) in [5.74, 6) is 0.0533. The van der Waals surface area contributed by atoms with Gasteiger partial charge in [-0.05, 0) is 39.7 Å². The predicted octanol–water partition coefficient (Wildman–Crippen LogP) is 2.04. The lowest BCUT2D eigenvalue weighted by Crippen LogP contribution is -2.43. The first-order valence-corrected chi connectivity index (χ1v) is 6.44. The van der Waals surface area contributed by atoms with Crippen molar-refractivity contribution < 1.29 is 4.79 Å². The number of nitrogens with one attached hydrogen (secondary N) is 2. The van der Waals surface area contributed by atoms with E-state index in [2.05, 4.69) is 35.8 Å². The Labute approximate surface area is 110 Å². The minimum Gasteiger partial charge on any atom is -0.355 e. The maximum atomic E-state index is 11.6. The van der Waals surface area contributed by atoms with E-state index in [9.17, 15) is 4.79 Å². The molecule has 0 unspecified atom stereocenters. The van der Waals surface area contributed by atoms with Crippen LogP contribution in [-0.2, 0) is 11.2 Å². The summed E-state index contributed by atoms with van der Waals surface area (Å²) in [7, 11) is 0. The summed E-state index contributed by atoms with van der Waals surface area (Å²) < 4.78 is 0. The molecule has 0 saturated heterocycles. The monoisotopic (exact) mass is 248 g/mol. The van der Waals surface area contributed by atoms with E-state index in [0.29, 0.717) is 13.1 Å². The molecular formula is C15H24N2O. The molecule has 0 radical (unpaired) electrons. The van der Waals surface area contributed by atoms with Crippen molar-refractivity contribution in [2.24, 2.45) is 0 Å². The van der Waals surface area contributed by atoms with Gasteiger partial charge in [0.25, 0.3) is 0 Å². The van der Waals surface area contributed by atoms with Crippen molar-refractivity contribution in [1.29, 1.82) is 0 Å². The number of benzene rings is 1. The van der Waals surface area contributed by atoms with Crippen LogP contribution in [-0.4, -0.2) is 24.5 Å². The molecule has 0 heterocycles. The zero-order chi connectivity index (χ0) is 13.6. The van der Waals surface area contributed by atoms with Crippen LogP contribution in [0.15, 0.2) is 24.3 Å². The molecule has 0 bridgehead atoms. The summed E-state index contributed by atoms with van der Waals surface area (Å²) in [6, 6.07) is 8.37. The van der Waals surface area contributed by atoms with Gasteiger partial charge in [-0.1, -0.05) is 29.8 Å². The topological polar surface area (TPSA) is 41.1 Å². The van der Waals surface area contributed by atoms with Crippen LogP contribution in [0.2, 0.25) is 0 Å². The maximum Gasteiger partial charge on any atom is 0.233 e. The number of carbonyl (C=O) groups is 1. The number of hydrogen-bond donors (Lipinski definition) is 2. The van der Waals surface area contributed by atoms with E-state index in [0.717, 1.165) is 6.42 Å². The SMILES string of the molecule is Cc1cccc(CCNC(=O)CNC(C)(C)C)c1. The fraction of sp³-hybridized carbons (Fsp3) is 0.533. The van der Waals surface area contributed by atoms with E-state index in [1.807, 2.05) is 26.8 Å². The summed E-state index contributed by atoms with van der Waals surface area (Å²) in [5.41, 5.74) is 2.50. The highest BCUT2D eigenvalue weighted by atomic mass is 16.1. The Morgan fingerprint density at radius 2 is 2.00 bits per heavy atom. The number of amides is 1. The minimum atomic E-state index is -0.0200. The largest absolute Gasteiger partial charge is 0.355 e. The van der Waals surface area contributed by atoms with Crippen LogP contribution in [0.4, 0.5) is 0 Å². The van der Waals surface area contributed by atoms with Gasteiger partial charge in [-0.25, -0.2) is 0 Å². The highest BCUT2D eigenvalue weighted by molar-refractivity contribution is 5.78. The maximum absolute atomic E-state index is 11.6. The van der Waals surface area contributed by atoms with Crippen molar-refractivity contribution in [3.63, 3.8) is 0 Å². The number of aryl methyl sites for hydroxylation is 1. The average molecular weight is 248 g/mol. The fourth-order valence-corrected chi connectivity index (χ4v) is 1.62. The van der Waals surface area contributed by atoms with E-state index >= 15 is 0 Å². The standard InChI is InChI=1S/C15H24N2O/c1-12-6-5-7-13(10-12)8-9-16-14(18)11-17-15(2,3)4/h5-7,10,17H,8-9,11H2,1-4H3,(H,16,18). The highest BCUT2D eigenvalue weighted by Crippen LogP contribution is 2.03. The summed E-state index contributed by atoms with van der Waals surface area (Å²) in [4.78, 5) is 11.6. The van der Waals surface area contributed by atoms with E-state index in [-0.39, 0.29) is 11.4 Å². The Morgan fingerprint density at radius 1 is 1.28 bits per heavy atom. The molecule has 18 heavy (non-hydrogen) atoms. The lowest BCUT2D eigenvalue weighted by atomic mass is 10.1. The lowest BCUT2D eigenvalue weighted by Gasteiger charge is -2.20. The van der Waals surface area contributed by atoms with Crippen LogP contribution in [0.1, 0.15) is 31.9 Å². The van der Waals surface area contributed by atoms with Crippen molar-refractivity contribution in [3.8, 4) is 0 Å². The zero-order valence-electron chi connectivity index (χ0n) is 11.8. The van der Waals surface area contributed by atoms with E-state index in [4.69, 9.17) is 0 Å². The van der Waals surface area contributed by atoms with Crippen LogP contribution in [0.25, 0.3) is 0 Å². The summed E-state index contributed by atoms with van der Waals surface area (Å²) >= 11 is 0. The first-order chi connectivity index (χ1) is 8.37. The molecule has 0 saturated carbocycles. The third-order valence-electron chi connectivity index (χ3n) is 2.60. The van der Waals surface area contributed by atoms with Gasteiger partial charge >= 0.3 is 0 Å². The van der Waals surface area contributed by atoms with Crippen molar-refractivity contribution in [3.05, 3.63) is 35.4 Å². The van der Waals surface area contributed by atoms with Gasteiger partial charge in [-0.15, -0.1) is 0 Å². The molecule has 1 aromatic rings. The second-order valence-electron chi connectivity index (χ2n) is 5.69. The summed E-state index contributed by atoms with van der Waals surface area (Å²) in [6.07, 6.45) is 0.878. The van der Waals surface area contributed by atoms with Gasteiger partial charge in [0.05, 0.1) is 6.54 Å².